The van der Waals surface area contributed by atoms with Crippen LogP contribution in [0.3, 0.4) is 0 Å². The highest BCUT2D eigenvalue weighted by molar-refractivity contribution is 4.55. The van der Waals surface area contributed by atoms with Crippen molar-refractivity contribution in [3.8, 4) is 0 Å². The molecule has 1 nitrogen and oxygen atoms in total. The van der Waals surface area contributed by atoms with Crippen molar-refractivity contribution in [3.05, 3.63) is 0 Å². The molecule has 1 heterocycles. The average Bonchev–Trinajstić information content (AvgIpc) is 1.56. The molecule has 0 radical (unpaired) electrons. The Morgan fingerprint density at radius 3 is 2.33 bits per heavy atom. The second kappa shape index (κ2) is 2.19. The van der Waals surface area contributed by atoms with Crippen LogP contribution in [0.4, 0.5) is 0 Å². The topological polar surface area (TPSA) is 12.0 Å². The molecule has 0 aromatic carbocycles. The van der Waals surface area contributed by atoms with Crippen LogP contribution in [0.2, 0.25) is 0 Å². The lowest BCUT2D eigenvalue weighted by atomic mass is 10.2. The Morgan fingerprint density at radius 2 is 2.00 bits per heavy atom. The fourth-order valence-electron chi connectivity index (χ4n) is 0.453. The molecule has 0 unspecified atom stereocenters. The summed E-state index contributed by atoms with van der Waals surface area (Å²) in [6.45, 7) is 0.541. The van der Waals surface area contributed by atoms with Crippen molar-refractivity contribution in [3.63, 3.8) is 0 Å². The molecule has 1 heteroatoms. The van der Waals surface area contributed by atoms with Crippen LogP contribution >= 0.6 is 0 Å². The average molecular weight is 89.2 g/mol. The van der Waals surface area contributed by atoms with Crippen molar-refractivity contribution in [2.24, 2.45) is 0 Å². The van der Waals surface area contributed by atoms with E-state index in [9.17, 15) is 0 Å². The lowest BCUT2D eigenvalue weighted by Crippen LogP contribution is -2.21. The Morgan fingerprint density at radius 1 is 1.33 bits per heavy atom. The molecule has 0 aromatic rings. The number of nitrogens with one attached hydrogen (secondary N) is 1. The third kappa shape index (κ3) is 0.977. The van der Waals surface area contributed by atoms with Crippen LogP contribution in [-0.4, -0.2) is 13.1 Å². The molecule has 1 N–H and O–H groups in total. The molecule has 1 aliphatic rings. The van der Waals surface area contributed by atoms with Crippen molar-refractivity contribution < 1.29 is 5.48 Å². The van der Waals surface area contributed by atoms with E-state index in [1.807, 2.05) is 0 Å². The highest BCUT2D eigenvalue weighted by Crippen LogP contribution is 1.96. The Hall–Kier alpha value is -0.0400. The minimum Gasteiger partial charge on any atom is -0.317 e. The first-order chi connectivity index (χ1) is 4.41. The van der Waals surface area contributed by atoms with Crippen molar-refractivity contribution in [2.75, 3.05) is 13.1 Å². The van der Waals surface area contributed by atoms with E-state index < -0.39 is 12.7 Å². The number of rotatable bonds is 0. The minimum absolute atomic E-state index is 0.00694. The van der Waals surface area contributed by atoms with Gasteiger partial charge in [-0.3, -0.25) is 0 Å². The van der Waals surface area contributed by atoms with Gasteiger partial charge in [0.05, 0.1) is 0 Å². The molecule has 0 aliphatic carbocycles. The van der Waals surface area contributed by atoms with Gasteiger partial charge < -0.3 is 5.32 Å². The normalized spacial score (nSPS) is 50.7. The number of hydrogen-bond donors (Lipinski definition) is 1. The van der Waals surface area contributed by atoms with E-state index in [4.69, 9.17) is 5.48 Å². The van der Waals surface area contributed by atoms with Crippen LogP contribution in [0.15, 0.2) is 0 Å². The number of piperidine rings is 1. The molecule has 0 atom stereocenters. The molecule has 36 valence electrons. The van der Waals surface area contributed by atoms with Crippen LogP contribution in [0.5, 0.6) is 0 Å². The summed E-state index contributed by atoms with van der Waals surface area (Å²) >= 11 is 0. The van der Waals surface area contributed by atoms with Crippen LogP contribution in [0.1, 0.15) is 24.6 Å². The Balaban J connectivity index is 2.56. The largest absolute Gasteiger partial charge is 0.317 e. The zero-order valence-electron chi connectivity index (χ0n) is 7.62. The minimum atomic E-state index is -1.37. The third-order valence-corrected chi connectivity index (χ3v) is 0.750. The van der Waals surface area contributed by atoms with Crippen LogP contribution < -0.4 is 5.32 Å². The van der Waals surface area contributed by atoms with Crippen molar-refractivity contribution in [1.29, 1.82) is 0 Å². The molecule has 0 bridgehead atoms. The van der Waals surface area contributed by atoms with E-state index in [0.717, 1.165) is 0 Å². The van der Waals surface area contributed by atoms with E-state index >= 15 is 0 Å². The molecule has 0 amide bonds. The maximum absolute atomic E-state index is 7.25. The summed E-state index contributed by atoms with van der Waals surface area (Å²) in [4.78, 5) is 0. The van der Waals surface area contributed by atoms with Gasteiger partial charge in [0.1, 0.15) is 0 Å². The molecule has 0 spiro atoms. The zero-order chi connectivity index (χ0) is 7.83. The quantitative estimate of drug-likeness (QED) is 0.462. The van der Waals surface area contributed by atoms with E-state index in [-0.39, 0.29) is 19.5 Å². The van der Waals surface area contributed by atoms with E-state index in [1.54, 1.807) is 0 Å². The molecule has 1 rings (SSSR count). The van der Waals surface area contributed by atoms with Gasteiger partial charge in [-0.15, -0.1) is 0 Å². The lowest BCUT2D eigenvalue weighted by molar-refractivity contribution is 0.520. The lowest BCUT2D eigenvalue weighted by Gasteiger charge is -2.08. The van der Waals surface area contributed by atoms with Gasteiger partial charge in [0.2, 0.25) is 0 Å². The predicted octanol–water partition coefficient (Wildman–Crippen LogP) is 0.760. The number of hydrogen-bond acceptors (Lipinski definition) is 1. The highest BCUT2D eigenvalue weighted by atomic mass is 14.9. The van der Waals surface area contributed by atoms with Crippen molar-refractivity contribution >= 4 is 0 Å². The van der Waals surface area contributed by atoms with Crippen LogP contribution in [0, 0.1) is 0 Å². The molecule has 0 saturated carbocycles. The van der Waals surface area contributed by atoms with Gasteiger partial charge in [0.15, 0.2) is 0 Å². The second-order valence-electron chi connectivity index (χ2n) is 1.28. The third-order valence-electron chi connectivity index (χ3n) is 0.750. The molecular weight excluding hydrogens is 74.1 g/mol. The van der Waals surface area contributed by atoms with Crippen molar-refractivity contribution in [2.45, 2.75) is 19.2 Å². The van der Waals surface area contributed by atoms with Gasteiger partial charge in [-0.25, -0.2) is 0 Å². The summed E-state index contributed by atoms with van der Waals surface area (Å²) in [6, 6.07) is 0. The molecule has 1 fully saturated rings. The summed E-state index contributed by atoms with van der Waals surface area (Å²) in [5.41, 5.74) is 0. The van der Waals surface area contributed by atoms with Gasteiger partial charge in [-0.2, -0.15) is 0 Å². The molecule has 0 aromatic heterocycles. The van der Waals surface area contributed by atoms with Gasteiger partial charge in [0.25, 0.3) is 0 Å². The Bertz CT molecular complexity index is 120. The fourth-order valence-corrected chi connectivity index (χ4v) is 0.453. The van der Waals surface area contributed by atoms with Crippen LogP contribution in [-0.2, 0) is 0 Å². The predicted molar refractivity (Wildman–Crippen MR) is 26.7 cm³/mol. The van der Waals surface area contributed by atoms with Gasteiger partial charge in [-0.05, 0) is 25.8 Å². The van der Waals surface area contributed by atoms with E-state index in [0.29, 0.717) is 0 Å². The highest BCUT2D eigenvalue weighted by Gasteiger charge is 1.93. The monoisotopic (exact) mass is 89.1 g/mol. The van der Waals surface area contributed by atoms with Gasteiger partial charge >= 0.3 is 0 Å². The maximum Gasteiger partial charge on any atom is 0.0280 e. The first kappa shape index (κ1) is 1.48. The molecular formula is C5H11N. The molecule has 1 aliphatic heterocycles. The molecule has 1 saturated heterocycles. The molecule has 6 heavy (non-hydrogen) atoms. The van der Waals surface area contributed by atoms with Crippen molar-refractivity contribution in [1.82, 2.24) is 5.32 Å². The standard InChI is InChI=1S/C5H11N/c1-2-4-6-5-3-1/h6H,1-5H2/i2D2,3D2. The van der Waals surface area contributed by atoms with Gasteiger partial charge in [0, 0.05) is 5.48 Å². The van der Waals surface area contributed by atoms with Gasteiger partial charge in [-0.1, -0.05) is 6.42 Å². The van der Waals surface area contributed by atoms with E-state index in [1.165, 1.54) is 0 Å². The maximum atomic E-state index is 7.25. The van der Waals surface area contributed by atoms with Crippen LogP contribution in [0.25, 0.3) is 0 Å². The zero-order valence-corrected chi connectivity index (χ0v) is 3.62. The Kier molecular flexibility index (Phi) is 0.539. The summed E-state index contributed by atoms with van der Waals surface area (Å²) in [5, 5.41) is 2.72. The fraction of sp³-hybridized carbons (Fsp3) is 1.00. The smallest absolute Gasteiger partial charge is 0.0280 e. The Labute approximate surface area is 44.4 Å². The SMILES string of the molecule is [2H]C1([2H])CNCC([2H])([2H])C1. The van der Waals surface area contributed by atoms with E-state index in [2.05, 4.69) is 5.32 Å². The first-order valence-electron chi connectivity index (χ1n) is 4.12. The summed E-state index contributed by atoms with van der Waals surface area (Å²) < 4.78 is 29.0. The first-order valence-corrected chi connectivity index (χ1v) is 2.12. The summed E-state index contributed by atoms with van der Waals surface area (Å²) in [5.74, 6) is 0. The summed E-state index contributed by atoms with van der Waals surface area (Å²) in [6.07, 6.45) is -2.74. The second-order valence-corrected chi connectivity index (χ2v) is 1.28. The summed E-state index contributed by atoms with van der Waals surface area (Å²) in [7, 11) is 0.